The Morgan fingerprint density at radius 2 is 1.34 bits per heavy atom. The molecule has 1 saturated heterocycles. The lowest BCUT2D eigenvalue weighted by molar-refractivity contribution is -0.143. The van der Waals surface area contributed by atoms with E-state index in [0.717, 1.165) is 9.80 Å². The summed E-state index contributed by atoms with van der Waals surface area (Å²) in [5.41, 5.74) is 6.88. The number of benzene rings is 1. The monoisotopic (exact) mass is 1590 g/mol. The average molecular weight is 1590 g/mol. The average Bonchev–Trinajstić information content (AvgIpc) is 1.61. The van der Waals surface area contributed by atoms with Crippen LogP contribution in [0.3, 0.4) is 0 Å². The Bertz CT molecular complexity index is 3610. The highest BCUT2D eigenvalue weighted by Crippen LogP contribution is 2.37. The van der Waals surface area contributed by atoms with Crippen molar-refractivity contribution >= 4 is 105 Å². The molecular weight excluding hydrogens is 1490 g/mol. The number of primary amides is 1. The van der Waals surface area contributed by atoms with Gasteiger partial charge in [0.2, 0.25) is 58.2 Å². The summed E-state index contributed by atoms with van der Waals surface area (Å²) < 4.78 is 61.6. The predicted octanol–water partition coefficient (Wildman–Crippen LogP) is -5.86. The van der Waals surface area contributed by atoms with Gasteiger partial charge in [0.1, 0.15) is 47.4 Å². The molecule has 1 fully saturated rings. The van der Waals surface area contributed by atoms with Gasteiger partial charge in [0.05, 0.1) is 156 Å². The van der Waals surface area contributed by atoms with Crippen LogP contribution in [-0.2, 0) is 122 Å². The van der Waals surface area contributed by atoms with Crippen molar-refractivity contribution in [3.05, 3.63) is 47.3 Å². The van der Waals surface area contributed by atoms with Crippen molar-refractivity contribution in [3.8, 4) is 5.75 Å². The number of hydrogen-bond donors (Lipinski definition) is 14. The van der Waals surface area contributed by atoms with Crippen molar-refractivity contribution in [1.82, 2.24) is 77.6 Å². The van der Waals surface area contributed by atoms with Crippen LogP contribution in [0.25, 0.3) is 10.9 Å². The minimum absolute atomic E-state index is 0.0531. The number of amides is 13. The molecule has 0 saturated carbocycles. The van der Waals surface area contributed by atoms with Gasteiger partial charge in [-0.05, 0) is 24.5 Å². The highest BCUT2D eigenvalue weighted by atomic mass is 32.2. The zero-order chi connectivity index (χ0) is 79.7. The van der Waals surface area contributed by atoms with Gasteiger partial charge in [0.25, 0.3) is 11.8 Å². The normalized spacial score (nSPS) is 22.1. The second-order valence-corrected chi connectivity index (χ2v) is 28.6. The Hall–Kier alpha value is -8.66. The van der Waals surface area contributed by atoms with Crippen molar-refractivity contribution in [3.63, 3.8) is 0 Å². The van der Waals surface area contributed by atoms with Crippen LogP contribution >= 0.6 is 11.8 Å². The second kappa shape index (κ2) is 46.2. The number of aliphatic hydroxyl groups excluding tert-OH is 3. The quantitative estimate of drug-likeness (QED) is 0.0143. The van der Waals surface area contributed by atoms with Crippen LogP contribution in [0.2, 0.25) is 0 Å². The van der Waals surface area contributed by atoms with Gasteiger partial charge in [0.15, 0.2) is 6.04 Å². The first-order valence-corrected chi connectivity index (χ1v) is 38.6. The third-order valence-corrected chi connectivity index (χ3v) is 20.5. The zero-order valence-corrected chi connectivity index (χ0v) is 63.6. The van der Waals surface area contributed by atoms with Gasteiger partial charge in [-0.2, -0.15) is 11.8 Å². The first-order chi connectivity index (χ1) is 52.9. The number of hydrogen-bond acceptors (Lipinski definition) is 27. The minimum Gasteiger partial charge on any atom is -0.610 e. The summed E-state index contributed by atoms with van der Waals surface area (Å²) in [5, 5.41) is 63.4. The lowest BCUT2D eigenvalue weighted by Gasteiger charge is -2.33. The molecule has 7 rings (SSSR count). The number of carbonyl (C=O) groups excluding carboxylic acids is 12. The number of H-pyrrole nitrogens is 1. The van der Waals surface area contributed by atoms with Crippen molar-refractivity contribution < 1.29 is 115 Å². The molecule has 2 aromatic heterocycles. The maximum absolute atomic E-state index is 15.4. The molecule has 3 aromatic rings. The van der Waals surface area contributed by atoms with Gasteiger partial charge in [-0.1, -0.05) is 32.4 Å². The highest BCUT2D eigenvalue weighted by molar-refractivity contribution is 7.98. The molecule has 4 aliphatic heterocycles. The van der Waals surface area contributed by atoms with Gasteiger partial charge in [-0.25, -0.2) is 9.48 Å². The van der Waals surface area contributed by atoms with E-state index in [1.807, 2.05) is 0 Å². The molecule has 15 N–H and O–H groups in total. The Morgan fingerprint density at radius 1 is 0.736 bits per heavy atom. The number of urea groups is 1. The Labute approximate surface area is 641 Å². The van der Waals surface area contributed by atoms with Crippen molar-refractivity contribution in [1.29, 1.82) is 0 Å². The fraction of sp³-hybridized carbons (Fsp3) is 0.647. The number of methoxy groups -OCH3 is 1. The molecule has 610 valence electrons. The fourth-order valence-corrected chi connectivity index (χ4v) is 14.1. The number of aromatic nitrogens is 4. The van der Waals surface area contributed by atoms with E-state index < -0.39 is 188 Å². The van der Waals surface area contributed by atoms with E-state index in [0.29, 0.717) is 119 Å². The van der Waals surface area contributed by atoms with Crippen LogP contribution in [0.5, 0.6) is 5.75 Å². The molecule has 0 radical (unpaired) electrons. The van der Waals surface area contributed by atoms with Gasteiger partial charge in [-0.15, -0.1) is 5.10 Å². The number of ether oxygens (including phenoxy) is 8. The number of aromatic amines is 1. The molecule has 110 heavy (non-hydrogen) atoms. The summed E-state index contributed by atoms with van der Waals surface area (Å²) in [5.74, 6) is -11.6. The number of carbonyl (C=O) groups is 12. The Balaban J connectivity index is 0.908. The first kappa shape index (κ1) is 88.6. The van der Waals surface area contributed by atoms with Crippen LogP contribution in [0.4, 0.5) is 4.79 Å². The van der Waals surface area contributed by atoms with Crippen LogP contribution in [0, 0.1) is 11.8 Å². The topological polar surface area (TPSA) is 550 Å². The van der Waals surface area contributed by atoms with E-state index >= 15 is 4.55 Å². The van der Waals surface area contributed by atoms with Gasteiger partial charge in [-0.3, -0.25) is 57.6 Å². The molecule has 2 bridgehead atoms. The van der Waals surface area contributed by atoms with Crippen LogP contribution < -0.4 is 58.3 Å². The summed E-state index contributed by atoms with van der Waals surface area (Å²) in [6.45, 7) is 7.34. The van der Waals surface area contributed by atoms with E-state index in [4.69, 9.17) is 43.6 Å². The third kappa shape index (κ3) is 27.7. The molecular formula is C68H102N16O24S2. The second-order valence-electron chi connectivity index (χ2n) is 26.0. The molecule has 42 heteroatoms. The van der Waals surface area contributed by atoms with Crippen LogP contribution in [-0.4, -0.2) is 320 Å². The number of imide groups is 1. The van der Waals surface area contributed by atoms with Gasteiger partial charge >= 0.3 is 6.03 Å². The third-order valence-electron chi connectivity index (χ3n) is 18.1. The molecule has 6 heterocycles. The van der Waals surface area contributed by atoms with E-state index in [1.54, 1.807) is 36.9 Å². The van der Waals surface area contributed by atoms with E-state index in [2.05, 4.69) is 63.1 Å². The summed E-state index contributed by atoms with van der Waals surface area (Å²) in [6.07, 6.45) is -0.600. The number of nitrogens with zero attached hydrogens (tertiary/aromatic N) is 5. The largest absolute Gasteiger partial charge is 0.610 e. The number of aliphatic hydroxyl groups is 3. The SMILES string of the molecule is CC[C@H](C)[C@@H]1NC(=O)CNC(=O)[C@@H]2Cc3c([nH]c4c(CSCCNC(=O)NCCOCCOCCOCCOCCOCCOCCOCCn5cc(CN6C(=O)C=CC6=O)nn5)c(OC)ccc34)[S+]([O-])C[C@H](NC(=O)CNC1=O)C(=O)N[C@@H](CCC(N)=O)C(=O)N1C[C@H](O)C[C@H]1C(=O)N[C@@H]([C@@H](C)[C@@H](O)CO)C(=O)N2. The molecule has 40 nitrogen and oxygen atoms in total. The zero-order valence-electron chi connectivity index (χ0n) is 61.9. The standard InChI is InChI=1S/C68H102N16O24S2/c1-5-40(2)58-64(96)73-32-54(89)74-49-39-110(100)66-45(31-48(61(93)72-33-55(90)77-58)76-65(97)59(41(3)51(87)37-85)78-63(95)50-30-43(86)36-83(50)67(98)47(75-62(49)94)7-9-53(69)88)44-6-8-52(101-4)46(60(44)79-66)38-109-29-13-71-68(99)70-12-15-102-17-19-104-21-23-106-25-27-108-28-26-107-24-22-105-20-18-103-16-14-82-34-42(80-81-82)35-84-56(91)10-11-57(84)92/h6,8,10-11,34,40-41,43,47-51,58-59,79,85-87H,5,7,9,12-33,35-39H2,1-4H3,(H2,69,88)(H,72,93)(H,73,96)(H,74,89)(H,75,94)(H,76,97)(H,77,90)(H,78,95)(H2,70,71,99)/t40-,41-,43+,47-,48-,49-,50-,51-,58-,59-,110?/m0/s1. The number of rotatable bonds is 40. The predicted molar refractivity (Wildman–Crippen MR) is 390 cm³/mol. The highest BCUT2D eigenvalue weighted by Gasteiger charge is 2.46. The van der Waals surface area contributed by atoms with Crippen molar-refractivity contribution in [2.75, 3.05) is 150 Å². The lowest BCUT2D eigenvalue weighted by atomic mass is 9.93. The number of thioether (sulfide) groups is 1. The van der Waals surface area contributed by atoms with Crippen molar-refractivity contribution in [2.24, 2.45) is 17.6 Å². The van der Waals surface area contributed by atoms with E-state index in [9.17, 15) is 72.9 Å². The summed E-state index contributed by atoms with van der Waals surface area (Å²) >= 11 is -1.11. The van der Waals surface area contributed by atoms with E-state index in [1.165, 1.54) is 37.9 Å². The Kier molecular flexibility index (Phi) is 37.2. The molecule has 4 aliphatic rings. The molecule has 13 amide bonds. The van der Waals surface area contributed by atoms with Gasteiger partial charge in [0, 0.05) is 96.2 Å². The van der Waals surface area contributed by atoms with Crippen LogP contribution in [0.1, 0.15) is 63.3 Å². The summed E-state index contributed by atoms with van der Waals surface area (Å²) in [7, 11) is 1.41. The summed E-state index contributed by atoms with van der Waals surface area (Å²) in [4.78, 5) is 169. The lowest BCUT2D eigenvalue weighted by Crippen LogP contribution is -2.62. The fourth-order valence-electron chi connectivity index (χ4n) is 11.9. The van der Waals surface area contributed by atoms with Gasteiger partial charge < -0.3 is 121 Å². The van der Waals surface area contributed by atoms with E-state index in [-0.39, 0.29) is 67.6 Å². The Morgan fingerprint density at radius 3 is 1.95 bits per heavy atom. The number of nitrogens with one attached hydrogen (secondary N) is 10. The number of fused-ring (bicyclic) bond motifs is 5. The molecule has 1 aromatic carbocycles. The molecule has 0 aliphatic carbocycles. The first-order valence-electron chi connectivity index (χ1n) is 36.2. The maximum Gasteiger partial charge on any atom is 0.314 e. The molecule has 1 unspecified atom stereocenters. The molecule has 11 atom stereocenters. The molecule has 0 spiro atoms. The van der Waals surface area contributed by atoms with Crippen molar-refractivity contribution in [2.45, 2.75) is 125 Å². The number of nitrogens with two attached hydrogens (primary N) is 1. The maximum atomic E-state index is 15.4. The summed E-state index contributed by atoms with van der Waals surface area (Å²) in [6, 6.07) is -7.30. The van der Waals surface area contributed by atoms with Crippen LogP contribution in [0.15, 0.2) is 35.5 Å². The minimum atomic E-state index is -2.46. The smallest absolute Gasteiger partial charge is 0.314 e.